The average molecular weight is 316 g/mol. The van der Waals surface area contributed by atoms with Crippen molar-refractivity contribution in [1.29, 1.82) is 0 Å². The number of piperidine rings is 1. The number of nitrogens with one attached hydrogen (secondary N) is 1. The number of rotatable bonds is 7. The summed E-state index contributed by atoms with van der Waals surface area (Å²) in [4.78, 5) is 25.7. The first-order chi connectivity index (χ1) is 11.2. The molecular formula is C19H28N2O2. The zero-order valence-electron chi connectivity index (χ0n) is 14.1. The second-order valence-corrected chi connectivity index (χ2v) is 6.39. The third-order valence-corrected chi connectivity index (χ3v) is 4.50. The van der Waals surface area contributed by atoms with Gasteiger partial charge in [-0.05, 0) is 37.2 Å². The second-order valence-electron chi connectivity index (χ2n) is 6.39. The standard InChI is InChI=1S/C19H28N2O2/c1-2-3-11-20-18(22)15-19(23)21-12-9-17(10-13-21)14-16-7-5-4-6-8-16/h4-8,17H,2-3,9-15H2,1H3,(H,20,22). The van der Waals surface area contributed by atoms with Gasteiger partial charge >= 0.3 is 0 Å². The Morgan fingerprint density at radius 3 is 2.52 bits per heavy atom. The van der Waals surface area contributed by atoms with Crippen LogP contribution < -0.4 is 5.32 Å². The van der Waals surface area contributed by atoms with Crippen LogP contribution in [0.2, 0.25) is 0 Å². The molecule has 0 atom stereocenters. The van der Waals surface area contributed by atoms with Gasteiger partial charge in [-0.25, -0.2) is 0 Å². The molecule has 23 heavy (non-hydrogen) atoms. The molecule has 1 aliphatic rings. The Morgan fingerprint density at radius 2 is 1.87 bits per heavy atom. The van der Waals surface area contributed by atoms with Gasteiger partial charge in [0.05, 0.1) is 0 Å². The third-order valence-electron chi connectivity index (χ3n) is 4.50. The quantitative estimate of drug-likeness (QED) is 0.621. The molecule has 0 aromatic heterocycles. The third kappa shape index (κ3) is 6.05. The van der Waals surface area contributed by atoms with E-state index in [0.717, 1.165) is 45.2 Å². The van der Waals surface area contributed by atoms with Crippen molar-refractivity contribution < 1.29 is 9.59 Å². The molecule has 1 N–H and O–H groups in total. The molecule has 1 heterocycles. The summed E-state index contributed by atoms with van der Waals surface area (Å²) in [5.74, 6) is 0.465. The SMILES string of the molecule is CCCCNC(=O)CC(=O)N1CCC(Cc2ccccc2)CC1. The van der Waals surface area contributed by atoms with Crippen LogP contribution in [-0.4, -0.2) is 36.3 Å². The summed E-state index contributed by atoms with van der Waals surface area (Å²) >= 11 is 0. The summed E-state index contributed by atoms with van der Waals surface area (Å²) in [5.41, 5.74) is 1.37. The van der Waals surface area contributed by atoms with Crippen LogP contribution in [0.5, 0.6) is 0 Å². The Hall–Kier alpha value is -1.84. The zero-order chi connectivity index (χ0) is 16.5. The maximum absolute atomic E-state index is 12.2. The fraction of sp³-hybridized carbons (Fsp3) is 0.579. The number of hydrogen-bond donors (Lipinski definition) is 1. The van der Waals surface area contributed by atoms with Gasteiger partial charge in [0.1, 0.15) is 6.42 Å². The van der Waals surface area contributed by atoms with Gasteiger partial charge in [-0.2, -0.15) is 0 Å². The van der Waals surface area contributed by atoms with Gasteiger partial charge in [0, 0.05) is 19.6 Å². The molecule has 0 radical (unpaired) electrons. The Balaban J connectivity index is 1.69. The number of amides is 2. The summed E-state index contributed by atoms with van der Waals surface area (Å²) < 4.78 is 0. The van der Waals surface area contributed by atoms with Crippen LogP contribution in [0, 0.1) is 5.92 Å². The normalized spacial score (nSPS) is 15.4. The van der Waals surface area contributed by atoms with Crippen molar-refractivity contribution >= 4 is 11.8 Å². The van der Waals surface area contributed by atoms with Crippen LogP contribution in [-0.2, 0) is 16.0 Å². The largest absolute Gasteiger partial charge is 0.356 e. The lowest BCUT2D eigenvalue weighted by Crippen LogP contribution is -2.41. The molecule has 2 amide bonds. The minimum atomic E-state index is -0.144. The number of hydrogen-bond acceptors (Lipinski definition) is 2. The van der Waals surface area contributed by atoms with E-state index in [4.69, 9.17) is 0 Å². The predicted octanol–water partition coefficient (Wildman–Crippen LogP) is 2.77. The minimum absolute atomic E-state index is 0.00688. The van der Waals surface area contributed by atoms with E-state index in [2.05, 4.69) is 36.5 Å². The molecule has 1 saturated heterocycles. The second kappa shape index (κ2) is 9.33. The first-order valence-corrected chi connectivity index (χ1v) is 8.77. The number of unbranched alkanes of at least 4 members (excludes halogenated alkanes) is 1. The molecule has 2 rings (SSSR count). The van der Waals surface area contributed by atoms with Crippen LogP contribution in [0.1, 0.15) is 44.6 Å². The van der Waals surface area contributed by atoms with Crippen molar-refractivity contribution in [3.05, 3.63) is 35.9 Å². The van der Waals surface area contributed by atoms with Crippen LogP contribution in [0.4, 0.5) is 0 Å². The highest BCUT2D eigenvalue weighted by molar-refractivity contribution is 5.96. The van der Waals surface area contributed by atoms with Crippen molar-refractivity contribution in [2.45, 2.75) is 45.4 Å². The summed E-state index contributed by atoms with van der Waals surface area (Å²) in [7, 11) is 0. The van der Waals surface area contributed by atoms with Crippen molar-refractivity contribution in [2.75, 3.05) is 19.6 Å². The molecule has 126 valence electrons. The summed E-state index contributed by atoms with van der Waals surface area (Å²) in [5, 5.41) is 2.81. The monoisotopic (exact) mass is 316 g/mol. The molecule has 1 fully saturated rings. The Bertz CT molecular complexity index is 493. The number of benzene rings is 1. The van der Waals surface area contributed by atoms with Gasteiger partial charge in [0.25, 0.3) is 0 Å². The number of nitrogens with zero attached hydrogens (tertiary/aromatic N) is 1. The van der Waals surface area contributed by atoms with Crippen molar-refractivity contribution in [1.82, 2.24) is 10.2 Å². The molecule has 4 heteroatoms. The molecule has 0 spiro atoms. The van der Waals surface area contributed by atoms with E-state index in [1.165, 1.54) is 5.56 Å². The van der Waals surface area contributed by atoms with Crippen LogP contribution in [0.15, 0.2) is 30.3 Å². The van der Waals surface area contributed by atoms with E-state index in [9.17, 15) is 9.59 Å². The predicted molar refractivity (Wildman–Crippen MR) is 92.0 cm³/mol. The van der Waals surface area contributed by atoms with E-state index < -0.39 is 0 Å². The molecule has 0 saturated carbocycles. The fourth-order valence-corrected chi connectivity index (χ4v) is 3.05. The first kappa shape index (κ1) is 17.5. The van der Waals surface area contributed by atoms with Gasteiger partial charge in [0.15, 0.2) is 0 Å². The Labute approximate surface area is 139 Å². The highest BCUT2D eigenvalue weighted by Crippen LogP contribution is 2.22. The summed E-state index contributed by atoms with van der Waals surface area (Å²) in [6.07, 6.45) is 5.14. The summed E-state index contributed by atoms with van der Waals surface area (Å²) in [6, 6.07) is 10.5. The lowest BCUT2D eigenvalue weighted by molar-refractivity contribution is -0.137. The molecule has 0 aliphatic carbocycles. The molecule has 1 aromatic rings. The average Bonchev–Trinajstić information content (AvgIpc) is 2.56. The molecule has 0 unspecified atom stereocenters. The van der Waals surface area contributed by atoms with Crippen molar-refractivity contribution in [3.63, 3.8) is 0 Å². The van der Waals surface area contributed by atoms with Crippen molar-refractivity contribution in [3.8, 4) is 0 Å². The molecular weight excluding hydrogens is 288 g/mol. The van der Waals surface area contributed by atoms with Gasteiger partial charge in [-0.1, -0.05) is 43.7 Å². The fourth-order valence-electron chi connectivity index (χ4n) is 3.05. The van der Waals surface area contributed by atoms with E-state index >= 15 is 0 Å². The molecule has 1 aromatic carbocycles. The zero-order valence-corrected chi connectivity index (χ0v) is 14.1. The Morgan fingerprint density at radius 1 is 1.17 bits per heavy atom. The van der Waals surface area contributed by atoms with Crippen LogP contribution in [0.25, 0.3) is 0 Å². The lowest BCUT2D eigenvalue weighted by Gasteiger charge is -2.32. The van der Waals surface area contributed by atoms with Crippen LogP contribution in [0.3, 0.4) is 0 Å². The highest BCUT2D eigenvalue weighted by Gasteiger charge is 2.24. The molecule has 0 bridgehead atoms. The number of carbonyl (C=O) groups excluding carboxylic acids is 2. The Kier molecular flexibility index (Phi) is 7.11. The number of carbonyl (C=O) groups is 2. The van der Waals surface area contributed by atoms with E-state index in [1.807, 2.05) is 11.0 Å². The smallest absolute Gasteiger partial charge is 0.232 e. The van der Waals surface area contributed by atoms with Crippen molar-refractivity contribution in [2.24, 2.45) is 5.92 Å². The van der Waals surface area contributed by atoms with E-state index in [1.54, 1.807) is 0 Å². The van der Waals surface area contributed by atoms with Crippen LogP contribution >= 0.6 is 0 Å². The van der Waals surface area contributed by atoms with Gasteiger partial charge in [-0.3, -0.25) is 9.59 Å². The highest BCUT2D eigenvalue weighted by atomic mass is 16.2. The maximum atomic E-state index is 12.2. The van der Waals surface area contributed by atoms with Gasteiger partial charge < -0.3 is 10.2 Å². The first-order valence-electron chi connectivity index (χ1n) is 8.77. The maximum Gasteiger partial charge on any atom is 0.232 e. The summed E-state index contributed by atoms with van der Waals surface area (Å²) in [6.45, 7) is 4.30. The van der Waals surface area contributed by atoms with Gasteiger partial charge in [-0.15, -0.1) is 0 Å². The van der Waals surface area contributed by atoms with Gasteiger partial charge in [0.2, 0.25) is 11.8 Å². The van der Waals surface area contributed by atoms with E-state index in [0.29, 0.717) is 12.5 Å². The molecule has 4 nitrogen and oxygen atoms in total. The molecule has 1 aliphatic heterocycles. The van der Waals surface area contributed by atoms with E-state index in [-0.39, 0.29) is 18.2 Å². The lowest BCUT2D eigenvalue weighted by atomic mass is 9.90. The number of likely N-dealkylation sites (tertiary alicyclic amines) is 1. The minimum Gasteiger partial charge on any atom is -0.356 e. The topological polar surface area (TPSA) is 49.4 Å².